The minimum absolute atomic E-state index is 0.0806. The van der Waals surface area contributed by atoms with Crippen LogP contribution in [0.5, 0.6) is 0 Å². The van der Waals surface area contributed by atoms with Gasteiger partial charge in [-0.2, -0.15) is 0 Å². The summed E-state index contributed by atoms with van der Waals surface area (Å²) in [5.74, 6) is -0.382. The normalized spacial score (nSPS) is 15.6. The molecule has 1 aliphatic rings. The molecule has 0 atom stereocenters. The molecule has 0 unspecified atom stereocenters. The highest BCUT2D eigenvalue weighted by Gasteiger charge is 2.26. The van der Waals surface area contributed by atoms with Crippen LogP contribution in [0.4, 0.5) is 5.69 Å². The van der Waals surface area contributed by atoms with E-state index in [0.29, 0.717) is 18.5 Å². The predicted molar refractivity (Wildman–Crippen MR) is 86.3 cm³/mol. The third kappa shape index (κ3) is 3.00. The van der Waals surface area contributed by atoms with Crippen molar-refractivity contribution in [2.45, 2.75) is 6.92 Å². The molecule has 1 N–H and O–H groups in total. The number of likely N-dealkylation sites (N-methyl/N-ethyl adjacent to an activating group) is 1. The summed E-state index contributed by atoms with van der Waals surface area (Å²) in [6, 6.07) is 5.32. The lowest BCUT2D eigenvalue weighted by Gasteiger charge is -2.31. The molecule has 2 aromatic rings. The zero-order valence-electron chi connectivity index (χ0n) is 13.3. The molecule has 1 aromatic carbocycles. The number of piperazine rings is 1. The van der Waals surface area contributed by atoms with Gasteiger partial charge in [0.2, 0.25) is 0 Å². The molecule has 0 radical (unpaired) electrons. The number of nitrogens with zero attached hydrogens (tertiary/aromatic N) is 2. The molecule has 126 valence electrons. The Morgan fingerprint density at radius 3 is 2.67 bits per heavy atom. The van der Waals surface area contributed by atoms with E-state index < -0.39 is 10.5 Å². The molecule has 24 heavy (non-hydrogen) atoms. The van der Waals surface area contributed by atoms with Crippen molar-refractivity contribution in [1.29, 1.82) is 0 Å². The number of nitrogens with one attached hydrogen (secondary N) is 1. The number of nitro groups is 1. The van der Waals surface area contributed by atoms with E-state index >= 15 is 0 Å². The van der Waals surface area contributed by atoms with Gasteiger partial charge in [-0.25, -0.2) is 4.79 Å². The van der Waals surface area contributed by atoms with Crippen LogP contribution in [0.3, 0.4) is 0 Å². The lowest BCUT2D eigenvalue weighted by Crippen LogP contribution is -3.14. The molecule has 1 aromatic heterocycles. The topological polar surface area (TPSA) is 98.1 Å². The van der Waals surface area contributed by atoms with Crippen molar-refractivity contribution < 1.29 is 19.0 Å². The number of hydrogen-bond acceptors (Lipinski definition) is 5. The molecule has 0 saturated carbocycles. The van der Waals surface area contributed by atoms with Crippen LogP contribution in [-0.4, -0.2) is 48.5 Å². The van der Waals surface area contributed by atoms with Crippen LogP contribution in [0, 0.1) is 10.1 Å². The molecule has 1 saturated heterocycles. The zero-order chi connectivity index (χ0) is 17.3. The number of fused-ring (bicyclic) bond motifs is 1. The number of amides is 1. The summed E-state index contributed by atoms with van der Waals surface area (Å²) in [4.78, 5) is 38.1. The smallest absolute Gasteiger partial charge is 0.349 e. The van der Waals surface area contributed by atoms with Crippen molar-refractivity contribution in [1.82, 2.24) is 4.90 Å². The van der Waals surface area contributed by atoms with E-state index in [1.165, 1.54) is 29.2 Å². The zero-order valence-corrected chi connectivity index (χ0v) is 13.3. The standard InChI is InChI=1S/C16H17N3O5/c1-2-17-5-7-18(8-6-17)15(20)13-10-11-9-12(19(22)23)3-4-14(11)24-16(13)21/h3-4,9-10H,2,5-8H2,1H3/p+1. The Morgan fingerprint density at radius 2 is 2.04 bits per heavy atom. The van der Waals surface area contributed by atoms with E-state index in [0.717, 1.165) is 19.6 Å². The molecular formula is C16H18N3O5+. The number of hydrogen-bond donors (Lipinski definition) is 1. The molecule has 8 heteroatoms. The van der Waals surface area contributed by atoms with Gasteiger partial charge in [0.15, 0.2) is 0 Å². The van der Waals surface area contributed by atoms with E-state index in [1.54, 1.807) is 4.90 Å². The maximum absolute atomic E-state index is 12.6. The van der Waals surface area contributed by atoms with Gasteiger partial charge in [0.1, 0.15) is 11.1 Å². The molecular weight excluding hydrogens is 314 g/mol. The molecule has 0 aliphatic carbocycles. The second-order valence-corrected chi connectivity index (χ2v) is 5.82. The van der Waals surface area contributed by atoms with Gasteiger partial charge in [0.25, 0.3) is 11.6 Å². The van der Waals surface area contributed by atoms with Gasteiger partial charge in [-0.3, -0.25) is 14.9 Å². The number of non-ortho nitro benzene ring substituents is 1. The van der Waals surface area contributed by atoms with E-state index in [9.17, 15) is 19.7 Å². The number of carbonyl (C=O) groups excluding carboxylic acids is 1. The van der Waals surface area contributed by atoms with Crippen LogP contribution in [0.2, 0.25) is 0 Å². The van der Waals surface area contributed by atoms with Crippen molar-refractivity contribution in [2.24, 2.45) is 0 Å². The van der Waals surface area contributed by atoms with Crippen molar-refractivity contribution in [3.8, 4) is 0 Å². The van der Waals surface area contributed by atoms with Crippen LogP contribution >= 0.6 is 0 Å². The lowest BCUT2D eigenvalue weighted by molar-refractivity contribution is -0.902. The first-order chi connectivity index (χ1) is 11.5. The summed E-state index contributed by atoms with van der Waals surface area (Å²) in [5, 5.41) is 11.2. The van der Waals surface area contributed by atoms with E-state index in [4.69, 9.17) is 4.42 Å². The van der Waals surface area contributed by atoms with Gasteiger partial charge < -0.3 is 14.2 Å². The summed E-state index contributed by atoms with van der Waals surface area (Å²) < 4.78 is 5.15. The van der Waals surface area contributed by atoms with Crippen LogP contribution in [0.15, 0.2) is 33.5 Å². The Labute approximate surface area is 137 Å². The number of quaternary nitrogens is 1. The highest BCUT2D eigenvalue weighted by molar-refractivity contribution is 5.97. The van der Waals surface area contributed by atoms with Gasteiger partial charge >= 0.3 is 5.63 Å². The van der Waals surface area contributed by atoms with Crippen molar-refractivity contribution in [3.63, 3.8) is 0 Å². The monoisotopic (exact) mass is 332 g/mol. The molecule has 0 spiro atoms. The molecule has 0 bridgehead atoms. The number of nitro benzene ring substituents is 1. The number of rotatable bonds is 3. The van der Waals surface area contributed by atoms with Gasteiger partial charge in [-0.1, -0.05) is 0 Å². The fourth-order valence-corrected chi connectivity index (χ4v) is 2.92. The Morgan fingerprint density at radius 1 is 1.33 bits per heavy atom. The Balaban J connectivity index is 1.93. The average molecular weight is 332 g/mol. The fraction of sp³-hybridized carbons (Fsp3) is 0.375. The van der Waals surface area contributed by atoms with E-state index in [-0.39, 0.29) is 22.7 Å². The summed E-state index contributed by atoms with van der Waals surface area (Å²) in [7, 11) is 0. The first-order valence-corrected chi connectivity index (χ1v) is 7.84. The van der Waals surface area contributed by atoms with Gasteiger partial charge in [0.05, 0.1) is 37.6 Å². The molecule has 2 heterocycles. The first kappa shape index (κ1) is 16.1. The Kier molecular flexibility index (Phi) is 4.30. The Bertz CT molecular complexity index is 852. The van der Waals surface area contributed by atoms with Gasteiger partial charge in [0, 0.05) is 17.5 Å². The predicted octanol–water partition coefficient (Wildman–Crippen LogP) is 0.0618. The van der Waals surface area contributed by atoms with E-state index in [2.05, 4.69) is 6.92 Å². The Hall–Kier alpha value is -2.74. The maximum atomic E-state index is 12.6. The third-order valence-electron chi connectivity index (χ3n) is 4.41. The highest BCUT2D eigenvalue weighted by Crippen LogP contribution is 2.20. The molecule has 1 fully saturated rings. The van der Waals surface area contributed by atoms with Crippen molar-refractivity contribution in [2.75, 3.05) is 32.7 Å². The van der Waals surface area contributed by atoms with Crippen LogP contribution < -0.4 is 10.5 Å². The summed E-state index contributed by atoms with van der Waals surface area (Å²) in [6.45, 7) is 5.93. The van der Waals surface area contributed by atoms with Crippen LogP contribution in [0.25, 0.3) is 11.0 Å². The minimum atomic E-state index is -0.716. The number of benzene rings is 1. The molecule has 3 rings (SSSR count). The quantitative estimate of drug-likeness (QED) is 0.487. The SMILES string of the molecule is CC[NH+]1CCN(C(=O)c2cc3cc([N+](=O)[O-])ccc3oc2=O)CC1. The summed E-state index contributed by atoms with van der Waals surface area (Å²) in [6.07, 6.45) is 0. The first-order valence-electron chi connectivity index (χ1n) is 7.84. The highest BCUT2D eigenvalue weighted by atomic mass is 16.6. The average Bonchev–Trinajstić information content (AvgIpc) is 2.60. The van der Waals surface area contributed by atoms with Crippen molar-refractivity contribution in [3.05, 3.63) is 50.4 Å². The lowest BCUT2D eigenvalue weighted by atomic mass is 10.1. The van der Waals surface area contributed by atoms with Crippen molar-refractivity contribution >= 4 is 22.6 Å². The fourth-order valence-electron chi connectivity index (χ4n) is 2.92. The largest absolute Gasteiger partial charge is 0.422 e. The van der Waals surface area contributed by atoms with E-state index in [1.807, 2.05) is 0 Å². The van der Waals surface area contributed by atoms with Crippen LogP contribution in [0.1, 0.15) is 17.3 Å². The summed E-state index contributed by atoms with van der Waals surface area (Å²) >= 11 is 0. The van der Waals surface area contributed by atoms with Gasteiger partial charge in [-0.15, -0.1) is 0 Å². The number of carbonyl (C=O) groups is 1. The molecule has 1 amide bonds. The van der Waals surface area contributed by atoms with Crippen LogP contribution in [-0.2, 0) is 0 Å². The maximum Gasteiger partial charge on any atom is 0.349 e. The third-order valence-corrected chi connectivity index (χ3v) is 4.41. The second kappa shape index (κ2) is 6.40. The van der Waals surface area contributed by atoms with Gasteiger partial charge in [-0.05, 0) is 19.1 Å². The molecule has 8 nitrogen and oxygen atoms in total. The summed E-state index contributed by atoms with van der Waals surface area (Å²) in [5.41, 5.74) is -0.688. The second-order valence-electron chi connectivity index (χ2n) is 5.82. The minimum Gasteiger partial charge on any atom is -0.422 e. The molecule has 1 aliphatic heterocycles.